The van der Waals surface area contributed by atoms with E-state index in [-0.39, 0.29) is 41.1 Å². The van der Waals surface area contributed by atoms with Crippen LogP contribution in [0.25, 0.3) is 0 Å². The van der Waals surface area contributed by atoms with Crippen molar-refractivity contribution in [2.75, 3.05) is 19.1 Å². The maximum absolute atomic E-state index is 12.2. The zero-order valence-electron chi connectivity index (χ0n) is 32.9. The number of rotatable bonds is 14. The molecule has 0 atom stereocenters. The van der Waals surface area contributed by atoms with E-state index in [0.29, 0.717) is 23.4 Å². The van der Waals surface area contributed by atoms with E-state index in [4.69, 9.17) is 14.5 Å². The van der Waals surface area contributed by atoms with E-state index in [9.17, 15) is 35.5 Å². The minimum atomic E-state index is -4.50. The first-order chi connectivity index (χ1) is 27.1. The predicted molar refractivity (Wildman–Crippen MR) is 230 cm³/mol. The summed E-state index contributed by atoms with van der Waals surface area (Å²) in [6, 6.07) is 23.9. The smallest absolute Gasteiger partial charge is 0.309 e. The molecule has 0 spiro atoms. The third kappa shape index (κ3) is 10.3. The Morgan fingerprint density at radius 1 is 0.776 bits per heavy atom. The molecule has 12 nitrogen and oxygen atoms in total. The van der Waals surface area contributed by atoms with Crippen molar-refractivity contribution in [3.8, 4) is 0 Å². The Morgan fingerprint density at radius 3 is 1.81 bits per heavy atom. The highest BCUT2D eigenvalue weighted by Crippen LogP contribution is 2.49. The summed E-state index contributed by atoms with van der Waals surface area (Å²) in [5, 5.41) is 0. The van der Waals surface area contributed by atoms with Gasteiger partial charge in [0.15, 0.2) is 0 Å². The van der Waals surface area contributed by atoms with Gasteiger partial charge >= 0.3 is 11.9 Å². The van der Waals surface area contributed by atoms with Gasteiger partial charge in [-0.25, -0.2) is 0 Å². The van der Waals surface area contributed by atoms with Crippen molar-refractivity contribution in [2.24, 2.45) is 4.99 Å². The van der Waals surface area contributed by atoms with Crippen LogP contribution in [-0.4, -0.2) is 57.8 Å². The first-order valence-corrected chi connectivity index (χ1v) is 22.0. The van der Waals surface area contributed by atoms with Crippen LogP contribution in [0.5, 0.6) is 0 Å². The molecule has 0 aromatic heterocycles. The van der Waals surface area contributed by atoms with Crippen molar-refractivity contribution in [2.45, 2.75) is 74.2 Å². The molecule has 5 rings (SSSR count). The topological polar surface area (TPSA) is 177 Å². The lowest BCUT2D eigenvalue weighted by Crippen LogP contribution is -2.29. The molecule has 0 radical (unpaired) electrons. The molecule has 4 aromatic rings. The summed E-state index contributed by atoms with van der Waals surface area (Å²) in [4.78, 5) is 30.3. The normalized spacial score (nSPS) is 15.2. The molecular formula is C43H45IN2O10S2. The van der Waals surface area contributed by atoms with Crippen molar-refractivity contribution in [3.05, 3.63) is 146 Å². The van der Waals surface area contributed by atoms with Crippen LogP contribution in [0, 0.1) is 3.57 Å². The van der Waals surface area contributed by atoms with Gasteiger partial charge in [-0.05, 0) is 105 Å². The Labute approximate surface area is 353 Å². The van der Waals surface area contributed by atoms with Gasteiger partial charge in [-0.3, -0.25) is 23.7 Å². The van der Waals surface area contributed by atoms with Crippen LogP contribution in [-0.2, 0) is 76.1 Å². The first kappa shape index (κ1) is 44.4. The van der Waals surface area contributed by atoms with Crippen molar-refractivity contribution >= 4 is 66.2 Å². The van der Waals surface area contributed by atoms with Crippen LogP contribution in [0.1, 0.15) is 61.1 Å². The molecule has 0 saturated carbocycles. The number of allylic oxidation sites excluding steroid dienone is 4. The van der Waals surface area contributed by atoms with Gasteiger partial charge in [0.1, 0.15) is 0 Å². The largest absolute Gasteiger partial charge is 0.469 e. The SMILES string of the molecule is COC(=O)Cc1ccc(CN=C(/C=C/C=C2/N(Cc3ccc(CC(=O)OC)cc3)c3ccc(S(=O)(=O)O)cc3C2(C)C)C(C)(C)c2cc(S(=O)(=O)O)ccc2I)cc1. The van der Waals surface area contributed by atoms with Gasteiger partial charge in [0.2, 0.25) is 0 Å². The fraction of sp³-hybridized carbons (Fsp3) is 0.279. The number of ether oxygens (including phenoxy) is 2. The molecule has 4 aromatic carbocycles. The third-order valence-corrected chi connectivity index (χ3v) is 12.8. The molecule has 0 fully saturated rings. The van der Waals surface area contributed by atoms with E-state index in [0.717, 1.165) is 37.2 Å². The van der Waals surface area contributed by atoms with E-state index in [1.54, 1.807) is 12.1 Å². The molecule has 0 aliphatic carbocycles. The summed E-state index contributed by atoms with van der Waals surface area (Å²) < 4.78 is 79.0. The molecule has 1 aliphatic heterocycles. The van der Waals surface area contributed by atoms with Crippen LogP contribution >= 0.6 is 22.6 Å². The minimum absolute atomic E-state index is 0.130. The van der Waals surface area contributed by atoms with E-state index >= 15 is 0 Å². The second-order valence-corrected chi connectivity index (χ2v) is 18.9. The molecule has 58 heavy (non-hydrogen) atoms. The molecule has 2 N–H and O–H groups in total. The quantitative estimate of drug-likeness (QED) is 0.0552. The number of hydrogen-bond donors (Lipinski definition) is 2. The predicted octanol–water partition coefficient (Wildman–Crippen LogP) is 7.57. The van der Waals surface area contributed by atoms with Gasteiger partial charge in [-0.1, -0.05) is 82.3 Å². The molecule has 1 heterocycles. The van der Waals surface area contributed by atoms with Gasteiger partial charge in [-0.15, -0.1) is 0 Å². The van der Waals surface area contributed by atoms with Gasteiger partial charge in [0, 0.05) is 38.0 Å². The number of fused-ring (bicyclic) bond motifs is 1. The Morgan fingerprint density at radius 2 is 1.28 bits per heavy atom. The fourth-order valence-corrected chi connectivity index (χ4v) is 8.84. The monoisotopic (exact) mass is 940 g/mol. The highest BCUT2D eigenvalue weighted by Gasteiger charge is 2.41. The molecule has 0 bridgehead atoms. The van der Waals surface area contributed by atoms with Crippen molar-refractivity contribution in [1.29, 1.82) is 0 Å². The highest BCUT2D eigenvalue weighted by molar-refractivity contribution is 14.1. The summed E-state index contributed by atoms with van der Waals surface area (Å²) in [5.74, 6) is -0.703. The van der Waals surface area contributed by atoms with Crippen LogP contribution in [0.3, 0.4) is 0 Å². The lowest BCUT2D eigenvalue weighted by molar-refractivity contribution is -0.140. The zero-order valence-corrected chi connectivity index (χ0v) is 36.7. The van der Waals surface area contributed by atoms with Crippen LogP contribution in [0.15, 0.2) is 124 Å². The van der Waals surface area contributed by atoms with Gasteiger partial charge in [-0.2, -0.15) is 16.8 Å². The Kier molecular flexibility index (Phi) is 13.5. The average molecular weight is 941 g/mol. The Bertz CT molecular complexity index is 2530. The lowest BCUT2D eigenvalue weighted by atomic mass is 9.79. The van der Waals surface area contributed by atoms with E-state index in [1.165, 1.54) is 38.5 Å². The van der Waals surface area contributed by atoms with E-state index in [1.807, 2.05) is 94.5 Å². The Balaban J connectivity index is 1.60. The van der Waals surface area contributed by atoms with Crippen LogP contribution < -0.4 is 4.90 Å². The summed E-state index contributed by atoms with van der Waals surface area (Å²) in [6.07, 6.45) is 5.87. The number of anilines is 1. The van der Waals surface area contributed by atoms with E-state index < -0.39 is 31.1 Å². The number of benzene rings is 4. The van der Waals surface area contributed by atoms with Crippen molar-refractivity contribution in [1.82, 2.24) is 0 Å². The molecule has 306 valence electrons. The van der Waals surface area contributed by atoms with Crippen LogP contribution in [0.4, 0.5) is 5.69 Å². The summed E-state index contributed by atoms with van der Waals surface area (Å²) in [7, 11) is -6.32. The van der Waals surface area contributed by atoms with Crippen molar-refractivity contribution in [3.63, 3.8) is 0 Å². The standard InChI is InChI=1S/C43H45IN2O10S2/c1-42(2,34-24-32(57(49,50)51)18-20-36(34)44)38(45-26-30-14-10-28(11-15-30)22-40(47)55-5)8-7-9-39-43(3,4)35-25-33(58(52,53)54)19-21-37(35)46(39)27-31-16-12-29(13-17-31)23-41(48)56-6/h7-21,24-25H,22-23,26-27H2,1-6H3,(H,49,50,51)(H,52,53,54)/b8-7+,39-9+,45-38?. The van der Waals surface area contributed by atoms with Crippen LogP contribution in [0.2, 0.25) is 0 Å². The summed E-state index contributed by atoms with van der Waals surface area (Å²) in [5.41, 5.74) is 5.17. The molecule has 0 unspecified atom stereocenters. The molecular weight excluding hydrogens is 896 g/mol. The fourth-order valence-electron chi connectivity index (χ4n) is 6.82. The van der Waals surface area contributed by atoms with E-state index in [2.05, 4.69) is 27.5 Å². The maximum atomic E-state index is 12.2. The van der Waals surface area contributed by atoms with Gasteiger partial charge in [0.05, 0.1) is 43.4 Å². The van der Waals surface area contributed by atoms with Crippen molar-refractivity contribution < 1.29 is 45.0 Å². The number of methoxy groups -OCH3 is 2. The average Bonchev–Trinajstić information content (AvgIpc) is 3.37. The number of hydrogen-bond acceptors (Lipinski definition) is 10. The minimum Gasteiger partial charge on any atom is -0.469 e. The highest BCUT2D eigenvalue weighted by atomic mass is 127. The molecule has 0 saturated heterocycles. The summed E-state index contributed by atoms with van der Waals surface area (Å²) in [6.45, 7) is 8.39. The zero-order chi connectivity index (χ0) is 42.6. The number of aliphatic imine (C=N–C) groups is 1. The van der Waals surface area contributed by atoms with Gasteiger partial charge in [0.25, 0.3) is 20.2 Å². The molecule has 15 heteroatoms. The second kappa shape index (κ2) is 17.7. The molecule has 0 amide bonds. The number of carbonyl (C=O) groups is 2. The lowest BCUT2D eigenvalue weighted by Gasteiger charge is -2.28. The number of nitrogens with zero attached hydrogens (tertiary/aromatic N) is 2. The summed E-state index contributed by atoms with van der Waals surface area (Å²) >= 11 is 2.13. The number of esters is 2. The van der Waals surface area contributed by atoms with Gasteiger partial charge < -0.3 is 14.4 Å². The second-order valence-electron chi connectivity index (χ2n) is 14.9. The number of halogens is 1. The number of carbonyl (C=O) groups excluding carboxylic acids is 2. The first-order valence-electron chi connectivity index (χ1n) is 18.0. The maximum Gasteiger partial charge on any atom is 0.309 e. The third-order valence-electron chi connectivity index (χ3n) is 10.2. The Hall–Kier alpha value is -4.68. The molecule has 1 aliphatic rings.